The van der Waals surface area contributed by atoms with Gasteiger partial charge in [-0.25, -0.2) is 0 Å². The number of ether oxygens (including phenoxy) is 3. The van der Waals surface area contributed by atoms with Gasteiger partial charge in [0.25, 0.3) is 0 Å². The number of carbonyl (C=O) groups excluding carboxylic acids is 1. The molecule has 0 aliphatic heterocycles. The van der Waals surface area contributed by atoms with Crippen LogP contribution in [-0.2, 0) is 28.2 Å². The number of hydrogen-bond donors (Lipinski definition) is 1. The van der Waals surface area contributed by atoms with Crippen molar-refractivity contribution < 1.29 is 33.3 Å². The van der Waals surface area contributed by atoms with Crippen LogP contribution in [0.5, 0.6) is 0 Å². The number of esters is 1. The quantitative estimate of drug-likeness (QED) is 0.178. The monoisotopic (exact) mass is 518 g/mol. The summed E-state index contributed by atoms with van der Waals surface area (Å²) in [6, 6.07) is 0. The third-order valence-electron chi connectivity index (χ3n) is 7.89. The van der Waals surface area contributed by atoms with Gasteiger partial charge in [-0.2, -0.15) is 0 Å². The van der Waals surface area contributed by atoms with E-state index < -0.39 is 32.4 Å². The van der Waals surface area contributed by atoms with Gasteiger partial charge in [0.15, 0.2) is 8.32 Å². The molecule has 0 aliphatic carbocycles. The number of carboxylic acid groups (broad SMARTS) is 1. The Morgan fingerprint density at radius 2 is 1.51 bits per heavy atom. The first kappa shape index (κ1) is 34.0. The number of carbonyl (C=O) groups is 2. The molecule has 35 heavy (non-hydrogen) atoms. The third kappa shape index (κ3) is 10.9. The molecule has 0 rings (SSSR count). The summed E-state index contributed by atoms with van der Waals surface area (Å²) >= 11 is 0. The lowest BCUT2D eigenvalue weighted by molar-refractivity contribution is -0.159. The molecule has 7 nitrogen and oxygen atoms in total. The SMILES string of the molecule is CCC(=O)O[C@H](CC[C@H](C)[C@H](C[C@@H](CC)O[Si](C)(C)C(C)(C)C)OC)[C@H](C)[C@H](OC)[C@H](C)C(=O)O. The minimum atomic E-state index is -1.89. The van der Waals surface area contributed by atoms with E-state index in [0.29, 0.717) is 6.42 Å². The lowest BCUT2D eigenvalue weighted by Gasteiger charge is -2.40. The van der Waals surface area contributed by atoms with Crippen LogP contribution in [0.25, 0.3) is 0 Å². The average Bonchev–Trinajstić information content (AvgIpc) is 2.77. The van der Waals surface area contributed by atoms with Gasteiger partial charge in [-0.3, -0.25) is 9.59 Å². The van der Waals surface area contributed by atoms with Gasteiger partial charge in [0.1, 0.15) is 6.10 Å². The van der Waals surface area contributed by atoms with E-state index in [2.05, 4.69) is 47.7 Å². The average molecular weight is 519 g/mol. The number of hydrogen-bond acceptors (Lipinski definition) is 6. The molecule has 0 fully saturated rings. The van der Waals surface area contributed by atoms with E-state index in [9.17, 15) is 14.7 Å². The van der Waals surface area contributed by atoms with Gasteiger partial charge < -0.3 is 23.7 Å². The molecule has 0 aromatic carbocycles. The fraction of sp³-hybridized carbons (Fsp3) is 0.926. The molecule has 0 saturated carbocycles. The van der Waals surface area contributed by atoms with Crippen molar-refractivity contribution in [2.24, 2.45) is 17.8 Å². The van der Waals surface area contributed by atoms with Crippen molar-refractivity contribution in [2.75, 3.05) is 14.2 Å². The Kier molecular flexibility index (Phi) is 14.9. The highest BCUT2D eigenvalue weighted by atomic mass is 28.4. The molecule has 8 heteroatoms. The molecule has 0 bridgehead atoms. The summed E-state index contributed by atoms with van der Waals surface area (Å²) in [6.45, 7) is 20.9. The van der Waals surface area contributed by atoms with Crippen molar-refractivity contribution in [3.8, 4) is 0 Å². The van der Waals surface area contributed by atoms with Crippen LogP contribution in [0.3, 0.4) is 0 Å². The molecule has 0 spiro atoms. The fourth-order valence-electron chi connectivity index (χ4n) is 4.23. The first-order chi connectivity index (χ1) is 16.1. The second kappa shape index (κ2) is 15.3. The Hall–Kier alpha value is -0.963. The summed E-state index contributed by atoms with van der Waals surface area (Å²) in [5.74, 6) is -1.97. The van der Waals surface area contributed by atoms with Crippen molar-refractivity contribution in [1.82, 2.24) is 0 Å². The second-order valence-corrected chi connectivity index (χ2v) is 16.3. The Bertz CT molecular complexity index is 632. The normalized spacial score (nSPS) is 18.7. The summed E-state index contributed by atoms with van der Waals surface area (Å²) < 4.78 is 23.9. The fourth-order valence-corrected chi connectivity index (χ4v) is 5.68. The second-order valence-electron chi connectivity index (χ2n) is 11.5. The van der Waals surface area contributed by atoms with E-state index in [1.54, 1.807) is 21.0 Å². The number of rotatable bonds is 17. The molecule has 7 atom stereocenters. The largest absolute Gasteiger partial charge is 0.481 e. The van der Waals surface area contributed by atoms with Gasteiger partial charge in [-0.15, -0.1) is 0 Å². The van der Waals surface area contributed by atoms with Crippen molar-refractivity contribution >= 4 is 20.3 Å². The minimum Gasteiger partial charge on any atom is -0.481 e. The third-order valence-corrected chi connectivity index (χ3v) is 12.4. The van der Waals surface area contributed by atoms with E-state index in [0.717, 1.165) is 19.3 Å². The molecular formula is C27H54O7Si. The summed E-state index contributed by atoms with van der Waals surface area (Å²) in [7, 11) is 1.36. The zero-order valence-corrected chi connectivity index (χ0v) is 25.5. The Morgan fingerprint density at radius 3 is 1.91 bits per heavy atom. The Balaban J connectivity index is 5.43. The maximum absolute atomic E-state index is 12.2. The maximum Gasteiger partial charge on any atom is 0.308 e. The highest BCUT2D eigenvalue weighted by Gasteiger charge is 2.40. The van der Waals surface area contributed by atoms with Crippen LogP contribution in [0.1, 0.15) is 87.5 Å². The van der Waals surface area contributed by atoms with Crippen LogP contribution in [0.4, 0.5) is 0 Å². The van der Waals surface area contributed by atoms with Crippen LogP contribution < -0.4 is 0 Å². The van der Waals surface area contributed by atoms with Crippen LogP contribution in [-0.4, -0.2) is 64.0 Å². The Morgan fingerprint density at radius 1 is 0.943 bits per heavy atom. The van der Waals surface area contributed by atoms with Crippen LogP contribution in [0.2, 0.25) is 18.1 Å². The molecule has 208 valence electrons. The molecule has 0 unspecified atom stereocenters. The van der Waals surface area contributed by atoms with Gasteiger partial charge >= 0.3 is 11.9 Å². The Labute approximate surface area is 215 Å². The molecule has 0 amide bonds. The van der Waals surface area contributed by atoms with Gasteiger partial charge in [0.05, 0.1) is 18.1 Å². The molecular weight excluding hydrogens is 464 g/mol. The molecule has 0 saturated heterocycles. The first-order valence-corrected chi connectivity index (χ1v) is 16.1. The molecule has 0 aliphatic rings. The molecule has 0 aromatic heterocycles. The molecule has 0 radical (unpaired) electrons. The van der Waals surface area contributed by atoms with Crippen molar-refractivity contribution in [3.05, 3.63) is 0 Å². The lowest BCUT2D eigenvalue weighted by Crippen LogP contribution is -2.45. The zero-order chi connectivity index (χ0) is 27.6. The van der Waals surface area contributed by atoms with Crippen LogP contribution in [0, 0.1) is 17.8 Å². The topological polar surface area (TPSA) is 91.3 Å². The molecule has 0 aromatic rings. The summed E-state index contributed by atoms with van der Waals surface area (Å²) in [5.41, 5.74) is 0. The highest BCUT2D eigenvalue weighted by molar-refractivity contribution is 6.74. The van der Waals surface area contributed by atoms with E-state index >= 15 is 0 Å². The smallest absolute Gasteiger partial charge is 0.308 e. The first-order valence-electron chi connectivity index (χ1n) is 13.2. The van der Waals surface area contributed by atoms with Gasteiger partial charge in [0, 0.05) is 32.7 Å². The molecule has 0 heterocycles. The van der Waals surface area contributed by atoms with Crippen molar-refractivity contribution in [1.29, 1.82) is 0 Å². The number of aliphatic carboxylic acids is 1. The predicted octanol–water partition coefficient (Wildman–Crippen LogP) is 6.30. The van der Waals surface area contributed by atoms with Crippen molar-refractivity contribution in [3.63, 3.8) is 0 Å². The summed E-state index contributed by atoms with van der Waals surface area (Å²) in [4.78, 5) is 23.7. The molecule has 1 N–H and O–H groups in total. The van der Waals surface area contributed by atoms with Crippen molar-refractivity contribution in [2.45, 2.75) is 130 Å². The van der Waals surface area contributed by atoms with E-state index in [4.69, 9.17) is 18.6 Å². The number of methoxy groups -OCH3 is 2. The lowest BCUT2D eigenvalue weighted by atomic mass is 9.84. The van der Waals surface area contributed by atoms with Crippen LogP contribution >= 0.6 is 0 Å². The highest BCUT2D eigenvalue weighted by Crippen LogP contribution is 2.38. The zero-order valence-electron chi connectivity index (χ0n) is 24.5. The van der Waals surface area contributed by atoms with Crippen LogP contribution in [0.15, 0.2) is 0 Å². The standard InChI is InChI=1S/C27H54O7Si/c1-13-21(34-35(11,12)27(6,7)8)17-23(31-9)18(3)15-16-22(33-24(28)14-2)19(4)25(32-10)20(5)26(29)30/h18-23,25H,13-17H2,1-12H3,(H,29,30)/t18-,19-,20-,21+,22+,23-,25-/m0/s1. The van der Waals surface area contributed by atoms with Gasteiger partial charge in [0.2, 0.25) is 0 Å². The minimum absolute atomic E-state index is 0.0127. The van der Waals surface area contributed by atoms with E-state index in [-0.39, 0.29) is 41.5 Å². The summed E-state index contributed by atoms with van der Waals surface area (Å²) in [5, 5.41) is 9.63. The van der Waals surface area contributed by atoms with E-state index in [1.807, 2.05) is 6.92 Å². The summed E-state index contributed by atoms with van der Waals surface area (Å²) in [6.07, 6.45) is 2.55. The van der Waals surface area contributed by atoms with E-state index in [1.165, 1.54) is 7.11 Å². The van der Waals surface area contributed by atoms with Gasteiger partial charge in [-0.05, 0) is 56.7 Å². The predicted molar refractivity (Wildman–Crippen MR) is 143 cm³/mol. The van der Waals surface area contributed by atoms with Gasteiger partial charge in [-0.1, -0.05) is 48.5 Å². The number of carboxylic acids is 1. The maximum atomic E-state index is 12.2.